The van der Waals surface area contributed by atoms with Crippen LogP contribution in [0.4, 0.5) is 0 Å². The van der Waals surface area contributed by atoms with Crippen LogP contribution in [0.25, 0.3) is 0 Å². The van der Waals surface area contributed by atoms with Crippen LogP contribution >= 0.6 is 0 Å². The van der Waals surface area contributed by atoms with Gasteiger partial charge in [0.1, 0.15) is 0 Å². The standard InChI is InChI=1S/C39H57Si/c1-4-7-10-13-16-25-34-28-19-22-31-37(34)40(38-32-23-20-29-35(38)26-17-14-11-8-5-2)39-33-24-21-30-36(39)27-18-15-12-9-6-3/h19-24,28-33H,4-18,25-27H2,1-3H3. The summed E-state index contributed by atoms with van der Waals surface area (Å²) in [5.41, 5.74) is 4.80. The largest absolute Gasteiger partial charge is 0.155 e. The average molecular weight is 554 g/mol. The van der Waals surface area contributed by atoms with E-state index < -0.39 is 8.80 Å². The van der Waals surface area contributed by atoms with Crippen LogP contribution in [0.15, 0.2) is 72.8 Å². The molecule has 1 heteroatoms. The van der Waals surface area contributed by atoms with Crippen molar-refractivity contribution in [3.8, 4) is 0 Å². The molecule has 0 aromatic heterocycles. The third kappa shape index (κ3) is 10.7. The summed E-state index contributed by atoms with van der Waals surface area (Å²) in [6.07, 6.45) is 23.8. The minimum absolute atomic E-state index is 1.11. The Morgan fingerprint density at radius 3 is 0.925 bits per heavy atom. The maximum absolute atomic E-state index is 2.49. The molecular weight excluding hydrogens is 497 g/mol. The quantitative estimate of drug-likeness (QED) is 0.0699. The van der Waals surface area contributed by atoms with Gasteiger partial charge in [-0.2, -0.15) is 0 Å². The van der Waals surface area contributed by atoms with Crippen LogP contribution < -0.4 is 15.6 Å². The van der Waals surface area contributed by atoms with Crippen molar-refractivity contribution in [3.05, 3.63) is 89.5 Å². The molecule has 0 amide bonds. The van der Waals surface area contributed by atoms with Gasteiger partial charge >= 0.3 is 0 Å². The zero-order chi connectivity index (χ0) is 28.3. The second kappa shape index (κ2) is 19.9. The van der Waals surface area contributed by atoms with E-state index in [0.717, 1.165) is 0 Å². The van der Waals surface area contributed by atoms with Crippen molar-refractivity contribution in [1.82, 2.24) is 0 Å². The van der Waals surface area contributed by atoms with Crippen LogP contribution in [-0.2, 0) is 19.3 Å². The Kier molecular flexibility index (Phi) is 16.1. The van der Waals surface area contributed by atoms with E-state index in [0.29, 0.717) is 0 Å². The zero-order valence-electron chi connectivity index (χ0n) is 26.2. The van der Waals surface area contributed by atoms with Crippen LogP contribution in [0.2, 0.25) is 0 Å². The van der Waals surface area contributed by atoms with Crippen molar-refractivity contribution in [3.63, 3.8) is 0 Å². The lowest BCUT2D eigenvalue weighted by Crippen LogP contribution is -2.55. The molecule has 0 unspecified atom stereocenters. The Labute approximate surface area is 249 Å². The summed E-state index contributed by atoms with van der Waals surface area (Å²) < 4.78 is 0. The molecule has 217 valence electrons. The number of unbranched alkanes of at least 4 members (excludes halogenated alkanes) is 12. The molecule has 40 heavy (non-hydrogen) atoms. The number of benzene rings is 3. The molecule has 0 spiro atoms. The molecule has 3 aromatic carbocycles. The van der Waals surface area contributed by atoms with Gasteiger partial charge in [0, 0.05) is 0 Å². The van der Waals surface area contributed by atoms with Crippen LogP contribution in [0.5, 0.6) is 0 Å². The maximum Gasteiger partial charge on any atom is 0.155 e. The summed E-state index contributed by atoms with van der Waals surface area (Å²) in [5, 5.41) is 4.92. The summed E-state index contributed by atoms with van der Waals surface area (Å²) >= 11 is 0. The summed E-state index contributed by atoms with van der Waals surface area (Å²) in [5.74, 6) is 0. The van der Waals surface area contributed by atoms with Crippen molar-refractivity contribution in [2.24, 2.45) is 0 Å². The fourth-order valence-electron chi connectivity index (χ4n) is 6.14. The third-order valence-corrected chi connectivity index (χ3v) is 11.6. The Morgan fingerprint density at radius 2 is 0.625 bits per heavy atom. The van der Waals surface area contributed by atoms with E-state index in [1.807, 2.05) is 0 Å². The molecule has 0 heterocycles. The summed E-state index contributed by atoms with van der Waals surface area (Å²) in [4.78, 5) is 0. The molecule has 0 fully saturated rings. The van der Waals surface area contributed by atoms with E-state index >= 15 is 0 Å². The van der Waals surface area contributed by atoms with Crippen molar-refractivity contribution in [1.29, 1.82) is 0 Å². The van der Waals surface area contributed by atoms with Gasteiger partial charge in [-0.1, -0.05) is 171 Å². The lowest BCUT2D eigenvalue weighted by Gasteiger charge is -2.25. The summed E-state index contributed by atoms with van der Waals surface area (Å²) in [7, 11) is -1.11. The van der Waals surface area contributed by atoms with Crippen LogP contribution in [0, 0.1) is 0 Å². The molecule has 0 nitrogen and oxygen atoms in total. The van der Waals surface area contributed by atoms with E-state index in [-0.39, 0.29) is 0 Å². The fourth-order valence-corrected chi connectivity index (χ4v) is 9.39. The Bertz CT molecular complexity index is 931. The fraction of sp³-hybridized carbons (Fsp3) is 0.538. The third-order valence-electron chi connectivity index (χ3n) is 8.51. The van der Waals surface area contributed by atoms with Gasteiger partial charge in [0.25, 0.3) is 0 Å². The molecule has 0 aliphatic heterocycles. The monoisotopic (exact) mass is 553 g/mol. The van der Waals surface area contributed by atoms with E-state index in [2.05, 4.69) is 93.6 Å². The molecule has 0 bridgehead atoms. The molecule has 0 saturated heterocycles. The average Bonchev–Trinajstić information content (AvgIpc) is 2.99. The zero-order valence-corrected chi connectivity index (χ0v) is 27.2. The number of rotatable bonds is 21. The first kappa shape index (κ1) is 32.4. The number of aryl methyl sites for hydroxylation is 3. The first-order valence-electron chi connectivity index (χ1n) is 16.9. The van der Waals surface area contributed by atoms with E-state index in [9.17, 15) is 0 Å². The minimum Gasteiger partial charge on any atom is -0.0654 e. The molecule has 0 aliphatic carbocycles. The van der Waals surface area contributed by atoms with Gasteiger partial charge in [0.05, 0.1) is 0 Å². The molecular formula is C39H57Si. The van der Waals surface area contributed by atoms with Gasteiger partial charge in [0.2, 0.25) is 0 Å². The first-order chi connectivity index (χ1) is 19.8. The molecule has 0 atom stereocenters. The highest BCUT2D eigenvalue weighted by atomic mass is 28.3. The summed E-state index contributed by atoms with van der Waals surface area (Å²) in [6, 6.07) is 28.6. The predicted octanol–water partition coefficient (Wildman–Crippen LogP) is 9.74. The Morgan fingerprint density at radius 1 is 0.350 bits per heavy atom. The molecule has 3 aromatic rings. The highest BCUT2D eigenvalue weighted by molar-refractivity contribution is 6.96. The van der Waals surface area contributed by atoms with Crippen LogP contribution in [-0.4, -0.2) is 8.80 Å². The minimum atomic E-state index is -1.11. The van der Waals surface area contributed by atoms with Crippen LogP contribution in [0.3, 0.4) is 0 Å². The second-order valence-corrected chi connectivity index (χ2v) is 14.2. The molecule has 1 radical (unpaired) electrons. The summed E-state index contributed by atoms with van der Waals surface area (Å²) in [6.45, 7) is 6.94. The molecule has 0 aliphatic rings. The lowest BCUT2D eigenvalue weighted by molar-refractivity contribution is 0.632. The topological polar surface area (TPSA) is 0 Å². The molecule has 0 N–H and O–H groups in total. The van der Waals surface area contributed by atoms with E-state index in [4.69, 9.17) is 0 Å². The Hall–Kier alpha value is -2.12. The maximum atomic E-state index is 2.49. The van der Waals surface area contributed by atoms with Crippen molar-refractivity contribution >= 4 is 24.4 Å². The van der Waals surface area contributed by atoms with Crippen LogP contribution in [0.1, 0.15) is 134 Å². The normalized spacial score (nSPS) is 11.4. The van der Waals surface area contributed by atoms with Gasteiger partial charge in [-0.15, -0.1) is 0 Å². The Balaban J connectivity index is 1.97. The molecule has 3 rings (SSSR count). The number of hydrogen-bond donors (Lipinski definition) is 0. The van der Waals surface area contributed by atoms with Gasteiger partial charge in [-0.25, -0.2) is 0 Å². The SMILES string of the molecule is CCCCCCCc1ccccc1[Si](c1ccccc1CCCCCCC)c1ccccc1CCCCCCC. The second-order valence-electron chi connectivity index (χ2n) is 11.8. The number of hydrogen-bond acceptors (Lipinski definition) is 0. The van der Waals surface area contributed by atoms with Gasteiger partial charge in [-0.3, -0.25) is 0 Å². The highest BCUT2D eigenvalue weighted by Gasteiger charge is 2.26. The van der Waals surface area contributed by atoms with E-state index in [1.165, 1.54) is 116 Å². The predicted molar refractivity (Wildman–Crippen MR) is 181 cm³/mol. The van der Waals surface area contributed by atoms with Gasteiger partial charge in [-0.05, 0) is 70.8 Å². The first-order valence-corrected chi connectivity index (χ1v) is 18.4. The van der Waals surface area contributed by atoms with Gasteiger partial charge < -0.3 is 0 Å². The van der Waals surface area contributed by atoms with Gasteiger partial charge in [0.15, 0.2) is 8.80 Å². The molecule has 0 saturated carbocycles. The lowest BCUT2D eigenvalue weighted by atomic mass is 10.0. The van der Waals surface area contributed by atoms with Crippen molar-refractivity contribution in [2.45, 2.75) is 136 Å². The highest BCUT2D eigenvalue weighted by Crippen LogP contribution is 2.14. The van der Waals surface area contributed by atoms with E-state index in [1.54, 1.807) is 32.3 Å². The van der Waals surface area contributed by atoms with Crippen molar-refractivity contribution < 1.29 is 0 Å². The smallest absolute Gasteiger partial charge is 0.0654 e. The van der Waals surface area contributed by atoms with Crippen molar-refractivity contribution in [2.75, 3.05) is 0 Å².